The van der Waals surface area contributed by atoms with E-state index in [4.69, 9.17) is 5.73 Å². The smallest absolute Gasteiger partial charge is 0.152 e. The van der Waals surface area contributed by atoms with Crippen LogP contribution >= 0.6 is 0 Å². The van der Waals surface area contributed by atoms with Gasteiger partial charge in [0.05, 0.1) is 22.9 Å². The summed E-state index contributed by atoms with van der Waals surface area (Å²) in [4.78, 5) is 4.06. The van der Waals surface area contributed by atoms with Gasteiger partial charge in [-0.05, 0) is 25.0 Å². The zero-order valence-electron chi connectivity index (χ0n) is 11.0. The summed E-state index contributed by atoms with van der Waals surface area (Å²) in [5, 5.41) is 5.18. The maximum atomic E-state index is 11.7. The number of hydrogen-bond donors (Lipinski definition) is 2. The highest BCUT2D eigenvalue weighted by atomic mass is 32.2. The third kappa shape index (κ3) is 2.56. The van der Waals surface area contributed by atoms with Gasteiger partial charge in [0, 0.05) is 29.2 Å². The number of hydrogen-bond acceptors (Lipinski definition) is 5. The molecule has 1 unspecified atom stereocenters. The predicted octanol–water partition coefficient (Wildman–Crippen LogP) is 1.81. The number of nitrogen functional groups attached to an aromatic ring is 1. The molecule has 106 valence electrons. The average molecular weight is 291 g/mol. The fraction of sp³-hybridized carbons (Fsp3) is 0.357. The summed E-state index contributed by atoms with van der Waals surface area (Å²) in [6.45, 7) is 0. The Bertz CT molecular complexity index is 743. The van der Waals surface area contributed by atoms with Crippen LogP contribution < -0.4 is 11.1 Å². The molecule has 1 saturated heterocycles. The molecular weight excluding hydrogens is 274 g/mol. The number of benzene rings is 1. The lowest BCUT2D eigenvalue weighted by Crippen LogP contribution is -2.35. The number of anilines is 2. The Morgan fingerprint density at radius 1 is 1.30 bits per heavy atom. The minimum Gasteiger partial charge on any atom is -0.397 e. The molecule has 5 nitrogen and oxygen atoms in total. The van der Waals surface area contributed by atoms with E-state index in [0.29, 0.717) is 17.9 Å². The van der Waals surface area contributed by atoms with Crippen LogP contribution in [0, 0.1) is 0 Å². The molecule has 0 radical (unpaired) electrons. The molecule has 20 heavy (non-hydrogen) atoms. The van der Waals surface area contributed by atoms with Crippen LogP contribution in [0.4, 0.5) is 11.4 Å². The van der Waals surface area contributed by atoms with Crippen molar-refractivity contribution in [1.82, 2.24) is 4.98 Å². The van der Waals surface area contributed by atoms with E-state index in [9.17, 15) is 8.42 Å². The van der Waals surface area contributed by atoms with Crippen molar-refractivity contribution in [2.24, 2.45) is 0 Å². The number of pyridine rings is 1. The largest absolute Gasteiger partial charge is 0.397 e. The maximum Gasteiger partial charge on any atom is 0.152 e. The van der Waals surface area contributed by atoms with E-state index in [-0.39, 0.29) is 11.8 Å². The van der Waals surface area contributed by atoms with E-state index < -0.39 is 9.84 Å². The number of fused-ring (bicyclic) bond motifs is 1. The van der Waals surface area contributed by atoms with E-state index in [2.05, 4.69) is 10.3 Å². The summed E-state index contributed by atoms with van der Waals surface area (Å²) in [5.41, 5.74) is 7.61. The van der Waals surface area contributed by atoms with Gasteiger partial charge in [-0.2, -0.15) is 0 Å². The van der Waals surface area contributed by atoms with Gasteiger partial charge in [0.15, 0.2) is 9.84 Å². The molecule has 1 atom stereocenters. The number of aromatic nitrogens is 1. The molecule has 3 N–H and O–H groups in total. The van der Waals surface area contributed by atoms with Gasteiger partial charge in [-0.15, -0.1) is 0 Å². The van der Waals surface area contributed by atoms with Crippen LogP contribution in [0.1, 0.15) is 12.8 Å². The summed E-state index contributed by atoms with van der Waals surface area (Å²) < 4.78 is 23.3. The molecule has 2 heterocycles. The highest BCUT2D eigenvalue weighted by Gasteiger charge is 2.25. The maximum absolute atomic E-state index is 11.7. The van der Waals surface area contributed by atoms with Gasteiger partial charge in [-0.3, -0.25) is 4.98 Å². The Kier molecular flexibility index (Phi) is 3.25. The second-order valence-electron chi connectivity index (χ2n) is 5.22. The first-order valence-electron chi connectivity index (χ1n) is 6.64. The van der Waals surface area contributed by atoms with Crippen molar-refractivity contribution >= 4 is 32.0 Å². The number of nitrogens with one attached hydrogen (secondary N) is 1. The second-order valence-corrected chi connectivity index (χ2v) is 7.45. The van der Waals surface area contributed by atoms with Crippen LogP contribution in [0.2, 0.25) is 0 Å². The van der Waals surface area contributed by atoms with E-state index in [1.54, 1.807) is 12.4 Å². The van der Waals surface area contributed by atoms with Crippen molar-refractivity contribution in [3.05, 3.63) is 30.6 Å². The first-order valence-corrected chi connectivity index (χ1v) is 8.46. The van der Waals surface area contributed by atoms with Crippen molar-refractivity contribution in [2.45, 2.75) is 18.9 Å². The Morgan fingerprint density at radius 2 is 2.15 bits per heavy atom. The fourth-order valence-corrected chi connectivity index (χ4v) is 4.31. The fourth-order valence-electron chi connectivity index (χ4n) is 2.68. The SMILES string of the molecule is Nc1c(NC2CCCS(=O)(=O)C2)ccc2cnccc12. The minimum absolute atomic E-state index is 0.0599. The van der Waals surface area contributed by atoms with Gasteiger partial charge in [-0.1, -0.05) is 6.07 Å². The van der Waals surface area contributed by atoms with Gasteiger partial charge in [0.25, 0.3) is 0 Å². The van der Waals surface area contributed by atoms with Gasteiger partial charge in [-0.25, -0.2) is 8.42 Å². The van der Waals surface area contributed by atoms with Crippen molar-refractivity contribution < 1.29 is 8.42 Å². The molecule has 1 fully saturated rings. The van der Waals surface area contributed by atoms with E-state index in [1.807, 2.05) is 18.2 Å². The lowest BCUT2D eigenvalue weighted by molar-refractivity contribution is 0.562. The Labute approximate surface area is 118 Å². The third-order valence-electron chi connectivity index (χ3n) is 3.68. The van der Waals surface area contributed by atoms with Gasteiger partial charge in [0.1, 0.15) is 0 Å². The molecule has 0 spiro atoms. The Morgan fingerprint density at radius 3 is 2.95 bits per heavy atom. The number of sulfone groups is 1. The highest BCUT2D eigenvalue weighted by Crippen LogP contribution is 2.29. The minimum atomic E-state index is -2.92. The molecule has 6 heteroatoms. The lowest BCUT2D eigenvalue weighted by atomic mass is 10.1. The molecule has 2 aromatic rings. The Hall–Kier alpha value is -1.82. The van der Waals surface area contributed by atoms with Crippen LogP contribution in [0.25, 0.3) is 10.8 Å². The topological polar surface area (TPSA) is 85.1 Å². The van der Waals surface area contributed by atoms with Crippen molar-refractivity contribution in [3.63, 3.8) is 0 Å². The summed E-state index contributed by atoms with van der Waals surface area (Å²) in [6.07, 6.45) is 5.03. The standard InChI is InChI=1S/C14H17N3O2S/c15-14-12-5-6-16-8-10(12)3-4-13(14)17-11-2-1-7-20(18,19)9-11/h3-6,8,11,17H,1-2,7,9,15H2. The van der Waals surface area contributed by atoms with E-state index in [1.165, 1.54) is 0 Å². The molecule has 0 saturated carbocycles. The molecule has 1 aromatic carbocycles. The van der Waals surface area contributed by atoms with E-state index >= 15 is 0 Å². The van der Waals surface area contributed by atoms with Gasteiger partial charge < -0.3 is 11.1 Å². The zero-order valence-corrected chi connectivity index (χ0v) is 11.9. The van der Waals surface area contributed by atoms with Crippen molar-refractivity contribution in [3.8, 4) is 0 Å². The van der Waals surface area contributed by atoms with Crippen LogP contribution in [0.3, 0.4) is 0 Å². The average Bonchev–Trinajstić information content (AvgIpc) is 2.41. The first kappa shape index (κ1) is 13.2. The molecule has 3 rings (SSSR count). The third-order valence-corrected chi connectivity index (χ3v) is 5.51. The Balaban J connectivity index is 1.89. The molecule has 0 bridgehead atoms. The molecule has 0 aliphatic carbocycles. The zero-order chi connectivity index (χ0) is 14.2. The molecule has 0 amide bonds. The highest BCUT2D eigenvalue weighted by molar-refractivity contribution is 7.91. The number of nitrogens with zero attached hydrogens (tertiary/aromatic N) is 1. The molecule has 1 aromatic heterocycles. The van der Waals surface area contributed by atoms with Gasteiger partial charge in [0.2, 0.25) is 0 Å². The normalized spacial score (nSPS) is 21.7. The monoisotopic (exact) mass is 291 g/mol. The quantitative estimate of drug-likeness (QED) is 0.824. The predicted molar refractivity (Wildman–Crippen MR) is 81.5 cm³/mol. The molecule has 1 aliphatic heterocycles. The summed E-state index contributed by atoms with van der Waals surface area (Å²) in [5.74, 6) is 0.477. The summed E-state index contributed by atoms with van der Waals surface area (Å²) >= 11 is 0. The van der Waals surface area contributed by atoms with E-state index in [0.717, 1.165) is 22.9 Å². The van der Waals surface area contributed by atoms with Crippen LogP contribution in [-0.2, 0) is 9.84 Å². The molecule has 1 aliphatic rings. The van der Waals surface area contributed by atoms with Crippen molar-refractivity contribution in [1.29, 1.82) is 0 Å². The summed E-state index contributed by atoms with van der Waals surface area (Å²) in [7, 11) is -2.92. The lowest BCUT2D eigenvalue weighted by Gasteiger charge is -2.25. The number of rotatable bonds is 2. The van der Waals surface area contributed by atoms with Crippen LogP contribution in [-0.4, -0.2) is 30.9 Å². The van der Waals surface area contributed by atoms with Crippen molar-refractivity contribution in [2.75, 3.05) is 22.6 Å². The molecular formula is C14H17N3O2S. The number of nitrogens with two attached hydrogens (primary N) is 1. The summed E-state index contributed by atoms with van der Waals surface area (Å²) in [6, 6.07) is 5.64. The second kappa shape index (κ2) is 4.94. The van der Waals surface area contributed by atoms with Crippen LogP contribution in [0.15, 0.2) is 30.6 Å². The first-order chi connectivity index (χ1) is 9.55. The van der Waals surface area contributed by atoms with Crippen LogP contribution in [0.5, 0.6) is 0 Å². The van der Waals surface area contributed by atoms with Gasteiger partial charge >= 0.3 is 0 Å².